The van der Waals surface area contributed by atoms with E-state index in [2.05, 4.69) is 0 Å². The minimum absolute atomic E-state index is 0.00971. The minimum atomic E-state index is -0.443. The number of esters is 2. The summed E-state index contributed by atoms with van der Waals surface area (Å²) in [6, 6.07) is 14.2. The molecular weight excluding hydrogens is 332 g/mol. The van der Waals surface area contributed by atoms with Crippen LogP contribution < -0.4 is 9.80 Å². The van der Waals surface area contributed by atoms with Crippen LogP contribution in [0.15, 0.2) is 48.5 Å². The summed E-state index contributed by atoms with van der Waals surface area (Å²) < 4.78 is 10.3. The molecule has 2 rings (SSSR count). The maximum Gasteiger partial charge on any atom is 0.338 e. The number of anilines is 2. The van der Waals surface area contributed by atoms with Crippen molar-refractivity contribution in [1.82, 2.24) is 0 Å². The lowest BCUT2D eigenvalue weighted by atomic mass is 10.2. The van der Waals surface area contributed by atoms with Crippen molar-refractivity contribution < 1.29 is 19.1 Å². The van der Waals surface area contributed by atoms with Crippen molar-refractivity contribution in [3.63, 3.8) is 0 Å². The molecule has 6 heteroatoms. The van der Waals surface area contributed by atoms with E-state index in [1.54, 1.807) is 24.3 Å². The summed E-state index contributed by atoms with van der Waals surface area (Å²) in [5.74, 6) is -0.886. The number of benzene rings is 2. The lowest BCUT2D eigenvalue weighted by Gasteiger charge is -2.13. The molecule has 0 amide bonds. The van der Waals surface area contributed by atoms with E-state index in [4.69, 9.17) is 9.47 Å². The van der Waals surface area contributed by atoms with Gasteiger partial charge in [0, 0.05) is 39.6 Å². The number of ether oxygens (including phenoxy) is 2. The van der Waals surface area contributed by atoms with E-state index < -0.39 is 11.9 Å². The maximum absolute atomic E-state index is 12.0. The predicted molar refractivity (Wildman–Crippen MR) is 102 cm³/mol. The smallest absolute Gasteiger partial charge is 0.338 e. The second-order valence-electron chi connectivity index (χ2n) is 6.15. The second-order valence-corrected chi connectivity index (χ2v) is 6.15. The number of carbonyl (C=O) groups excluding carboxylic acids is 2. The van der Waals surface area contributed by atoms with Gasteiger partial charge in [0.15, 0.2) is 0 Å². The highest BCUT2D eigenvalue weighted by atomic mass is 16.6. The van der Waals surface area contributed by atoms with Gasteiger partial charge in [-0.1, -0.05) is 0 Å². The van der Waals surface area contributed by atoms with E-state index in [0.29, 0.717) is 11.1 Å². The van der Waals surface area contributed by atoms with Gasteiger partial charge in [0.05, 0.1) is 11.1 Å². The van der Waals surface area contributed by atoms with Crippen LogP contribution in [-0.2, 0) is 9.47 Å². The highest BCUT2D eigenvalue weighted by Gasteiger charge is 2.10. The molecule has 0 aliphatic carbocycles. The summed E-state index contributed by atoms with van der Waals surface area (Å²) in [4.78, 5) is 27.8. The van der Waals surface area contributed by atoms with Gasteiger partial charge in [0.1, 0.15) is 13.2 Å². The molecule has 26 heavy (non-hydrogen) atoms. The predicted octanol–water partition coefficient (Wildman–Crippen LogP) is 2.83. The molecule has 2 aromatic carbocycles. The molecule has 0 aromatic heterocycles. The Kier molecular flexibility index (Phi) is 6.60. The summed E-state index contributed by atoms with van der Waals surface area (Å²) >= 11 is 0. The Labute approximate surface area is 153 Å². The van der Waals surface area contributed by atoms with Gasteiger partial charge in [0.2, 0.25) is 0 Å². The Balaban J connectivity index is 1.77. The maximum atomic E-state index is 12.0. The molecule has 2 aromatic rings. The summed E-state index contributed by atoms with van der Waals surface area (Å²) in [6.45, 7) is 0.0194. The Morgan fingerprint density at radius 2 is 0.962 bits per heavy atom. The first-order valence-corrected chi connectivity index (χ1v) is 8.27. The molecule has 0 bridgehead atoms. The summed E-state index contributed by atoms with van der Waals surface area (Å²) in [5.41, 5.74) is 2.91. The van der Waals surface area contributed by atoms with Crippen LogP contribution in [0, 0.1) is 0 Å². The number of hydrogen-bond acceptors (Lipinski definition) is 6. The number of carbonyl (C=O) groups is 2. The Bertz CT molecular complexity index is 672. The van der Waals surface area contributed by atoms with Crippen molar-refractivity contribution in [3.05, 3.63) is 59.7 Å². The molecule has 0 atom stereocenters. The molecule has 0 N–H and O–H groups in total. The first-order valence-electron chi connectivity index (χ1n) is 8.27. The zero-order chi connectivity index (χ0) is 19.1. The Hall–Kier alpha value is -3.02. The van der Waals surface area contributed by atoms with Gasteiger partial charge in [-0.2, -0.15) is 0 Å². The van der Waals surface area contributed by atoms with E-state index >= 15 is 0 Å². The molecule has 0 saturated carbocycles. The fraction of sp³-hybridized carbons (Fsp3) is 0.300. The van der Waals surface area contributed by atoms with Crippen molar-refractivity contribution in [1.29, 1.82) is 0 Å². The molecule has 6 nitrogen and oxygen atoms in total. The van der Waals surface area contributed by atoms with Crippen LogP contribution in [0.2, 0.25) is 0 Å². The molecule has 0 aliphatic rings. The van der Waals surface area contributed by atoms with E-state index in [1.165, 1.54) is 0 Å². The largest absolute Gasteiger partial charge is 0.458 e. The van der Waals surface area contributed by atoms with Gasteiger partial charge in [-0.25, -0.2) is 9.59 Å². The fourth-order valence-corrected chi connectivity index (χ4v) is 2.23. The van der Waals surface area contributed by atoms with Gasteiger partial charge in [-0.15, -0.1) is 0 Å². The number of nitrogens with zero attached hydrogens (tertiary/aromatic N) is 2. The molecule has 0 aliphatic heterocycles. The monoisotopic (exact) mass is 356 g/mol. The first kappa shape index (κ1) is 19.3. The van der Waals surface area contributed by atoms with Crippen molar-refractivity contribution in [2.45, 2.75) is 0 Å². The molecule has 0 radical (unpaired) electrons. The number of hydrogen-bond donors (Lipinski definition) is 0. The quantitative estimate of drug-likeness (QED) is 0.562. The van der Waals surface area contributed by atoms with Crippen LogP contribution in [0.5, 0.6) is 0 Å². The second kappa shape index (κ2) is 8.89. The lowest BCUT2D eigenvalue weighted by molar-refractivity contribution is 0.0265. The van der Waals surface area contributed by atoms with Gasteiger partial charge in [0.25, 0.3) is 0 Å². The molecule has 0 heterocycles. The normalized spacial score (nSPS) is 10.2. The summed E-state index contributed by atoms with van der Waals surface area (Å²) in [6.07, 6.45) is 0. The standard InChI is InChI=1S/C20H24N2O4/c1-21(2)17-9-5-15(6-10-17)19(23)25-13-14-26-20(24)16-7-11-18(12-8-16)22(3)4/h5-12H,13-14H2,1-4H3. The molecule has 0 spiro atoms. The van der Waals surface area contributed by atoms with Crippen LogP contribution >= 0.6 is 0 Å². The van der Waals surface area contributed by atoms with Gasteiger partial charge in [-0.05, 0) is 48.5 Å². The Morgan fingerprint density at radius 1 is 0.654 bits per heavy atom. The average molecular weight is 356 g/mol. The molecule has 0 unspecified atom stereocenters. The molecule has 0 saturated heterocycles. The van der Waals surface area contributed by atoms with E-state index in [9.17, 15) is 9.59 Å². The first-order chi connectivity index (χ1) is 12.4. The average Bonchev–Trinajstić information content (AvgIpc) is 2.65. The van der Waals surface area contributed by atoms with Crippen molar-refractivity contribution in [3.8, 4) is 0 Å². The van der Waals surface area contributed by atoms with Crippen LogP contribution in [0.4, 0.5) is 11.4 Å². The third-order valence-electron chi connectivity index (χ3n) is 3.79. The fourth-order valence-electron chi connectivity index (χ4n) is 2.23. The zero-order valence-electron chi connectivity index (χ0n) is 15.6. The van der Waals surface area contributed by atoms with Crippen LogP contribution in [0.1, 0.15) is 20.7 Å². The summed E-state index contributed by atoms with van der Waals surface area (Å²) in [7, 11) is 7.71. The van der Waals surface area contributed by atoms with Gasteiger partial charge >= 0.3 is 11.9 Å². The lowest BCUT2D eigenvalue weighted by Crippen LogP contribution is -2.15. The van der Waals surface area contributed by atoms with Crippen LogP contribution in [-0.4, -0.2) is 53.3 Å². The Morgan fingerprint density at radius 3 is 1.23 bits per heavy atom. The van der Waals surface area contributed by atoms with Gasteiger partial charge < -0.3 is 19.3 Å². The van der Waals surface area contributed by atoms with Crippen molar-refractivity contribution >= 4 is 23.3 Å². The minimum Gasteiger partial charge on any atom is -0.458 e. The molecular formula is C20H24N2O4. The van der Waals surface area contributed by atoms with Gasteiger partial charge in [-0.3, -0.25) is 0 Å². The SMILES string of the molecule is CN(C)c1ccc(C(=O)OCCOC(=O)c2ccc(N(C)C)cc2)cc1. The molecule has 138 valence electrons. The van der Waals surface area contributed by atoms with Crippen LogP contribution in [0.25, 0.3) is 0 Å². The van der Waals surface area contributed by atoms with Crippen molar-refractivity contribution in [2.75, 3.05) is 51.2 Å². The van der Waals surface area contributed by atoms with E-state index in [-0.39, 0.29) is 13.2 Å². The molecule has 0 fully saturated rings. The van der Waals surface area contributed by atoms with E-state index in [1.807, 2.05) is 62.3 Å². The topological polar surface area (TPSA) is 59.1 Å². The van der Waals surface area contributed by atoms with E-state index in [0.717, 1.165) is 11.4 Å². The highest BCUT2D eigenvalue weighted by molar-refractivity contribution is 5.90. The van der Waals surface area contributed by atoms with Crippen molar-refractivity contribution in [2.24, 2.45) is 0 Å². The summed E-state index contributed by atoms with van der Waals surface area (Å²) in [5, 5.41) is 0. The third-order valence-corrected chi connectivity index (χ3v) is 3.79. The zero-order valence-corrected chi connectivity index (χ0v) is 15.6. The van der Waals surface area contributed by atoms with Crippen LogP contribution in [0.3, 0.4) is 0 Å². The highest BCUT2D eigenvalue weighted by Crippen LogP contribution is 2.14. The third kappa shape index (κ3) is 5.24. The number of rotatable bonds is 7.